The lowest BCUT2D eigenvalue weighted by Gasteiger charge is -2.35. The van der Waals surface area contributed by atoms with E-state index in [0.29, 0.717) is 24.5 Å². The van der Waals surface area contributed by atoms with Gasteiger partial charge in [0.15, 0.2) is 11.3 Å². The van der Waals surface area contributed by atoms with Crippen molar-refractivity contribution in [3.63, 3.8) is 0 Å². The van der Waals surface area contributed by atoms with Gasteiger partial charge in [0.05, 0.1) is 64.6 Å². The summed E-state index contributed by atoms with van der Waals surface area (Å²) in [6.45, 7) is 11.6. The van der Waals surface area contributed by atoms with E-state index in [1.165, 1.54) is 35.9 Å². The number of hydrogen-bond acceptors (Lipinski definition) is 14. The van der Waals surface area contributed by atoms with Crippen LogP contribution in [0.3, 0.4) is 0 Å². The Morgan fingerprint density at radius 2 is 1.69 bits per heavy atom. The van der Waals surface area contributed by atoms with Crippen LogP contribution in [0.25, 0.3) is 10.4 Å². The van der Waals surface area contributed by atoms with Crippen molar-refractivity contribution in [2.75, 3.05) is 42.8 Å². The SMILES string of the molecule is Cc1ncsc1-c1ccc(CNC(=O)[C@@H]2C[C@@H](O)CN2C(=O)[C@@H](NC(=O)c2ccc(OCCOCCCOc3ccc(N4C(S)N(c5ccc(C#N)c(C(F)(F)F)c5F)C(=O)C4(C)C)cn3)cc2)C(C)(C)C)cc1. The third-order valence-electron chi connectivity index (χ3n) is 12.6. The maximum absolute atomic E-state index is 15.4. The largest absolute Gasteiger partial charge is 0.491 e. The quantitative estimate of drug-likeness (QED) is 0.0380. The van der Waals surface area contributed by atoms with Crippen molar-refractivity contribution in [3.8, 4) is 28.1 Å². The lowest BCUT2D eigenvalue weighted by molar-refractivity contribution is -0.142. The molecule has 0 saturated carbocycles. The van der Waals surface area contributed by atoms with Crippen molar-refractivity contribution in [2.45, 2.75) is 96.3 Å². The molecule has 4 amide bonds. The number of carbonyl (C=O) groups is 4. The van der Waals surface area contributed by atoms with Crippen molar-refractivity contribution >= 4 is 59.0 Å². The number of likely N-dealkylation sites (tertiary alicyclic amines) is 1. The molecule has 1 unspecified atom stereocenters. The first-order chi connectivity index (χ1) is 35.0. The number of nitriles is 1. The molecule has 2 aromatic heterocycles. The molecule has 0 spiro atoms. The van der Waals surface area contributed by atoms with Crippen LogP contribution in [0.15, 0.2) is 84.5 Å². The average Bonchev–Trinajstić information content (AvgIpc) is 4.02. The number of thiazole rings is 1. The molecule has 22 heteroatoms. The Balaban J connectivity index is 0.832. The highest BCUT2D eigenvalue weighted by Crippen LogP contribution is 2.44. The summed E-state index contributed by atoms with van der Waals surface area (Å²) in [5, 5.41) is 25.6. The Kier molecular flexibility index (Phi) is 16.9. The maximum atomic E-state index is 15.4. The molecule has 392 valence electrons. The third kappa shape index (κ3) is 12.2. The van der Waals surface area contributed by atoms with Gasteiger partial charge in [-0.15, -0.1) is 24.0 Å². The van der Waals surface area contributed by atoms with Gasteiger partial charge in [0.2, 0.25) is 17.7 Å². The number of pyridine rings is 1. The molecule has 0 aliphatic carbocycles. The van der Waals surface area contributed by atoms with Gasteiger partial charge < -0.3 is 39.8 Å². The number of hydrogen-bond donors (Lipinski definition) is 4. The Morgan fingerprint density at radius 1 is 0.973 bits per heavy atom. The summed E-state index contributed by atoms with van der Waals surface area (Å²) < 4.78 is 73.9. The fourth-order valence-electron chi connectivity index (χ4n) is 8.67. The highest BCUT2D eigenvalue weighted by atomic mass is 32.1. The molecule has 2 aliphatic rings. The first-order valence-corrected chi connectivity index (χ1v) is 25.0. The van der Waals surface area contributed by atoms with Crippen LogP contribution in [0.2, 0.25) is 0 Å². The summed E-state index contributed by atoms with van der Waals surface area (Å²) in [5.74, 6) is -3.14. The number of nitrogens with zero attached hydrogens (tertiary/aromatic N) is 6. The van der Waals surface area contributed by atoms with Gasteiger partial charge in [-0.1, -0.05) is 45.0 Å². The molecule has 7 rings (SSSR count). The number of rotatable bonds is 18. The minimum Gasteiger partial charge on any atom is -0.491 e. The number of halogens is 4. The van der Waals surface area contributed by atoms with Crippen LogP contribution in [-0.2, 0) is 31.8 Å². The predicted molar refractivity (Wildman–Crippen MR) is 271 cm³/mol. The summed E-state index contributed by atoms with van der Waals surface area (Å²) in [7, 11) is 0. The minimum absolute atomic E-state index is 0.0538. The molecule has 2 fully saturated rings. The molecule has 4 heterocycles. The first kappa shape index (κ1) is 55.0. The number of aliphatic hydroxyl groups excluding tert-OH is 1. The van der Waals surface area contributed by atoms with Crippen LogP contribution < -0.4 is 29.9 Å². The van der Waals surface area contributed by atoms with Gasteiger partial charge in [-0.25, -0.2) is 14.4 Å². The highest BCUT2D eigenvalue weighted by Gasteiger charge is 2.53. The number of alkyl halides is 3. The number of thiol groups is 1. The molecule has 0 bridgehead atoms. The molecule has 2 saturated heterocycles. The van der Waals surface area contributed by atoms with E-state index in [2.05, 4.69) is 33.2 Å². The number of carbonyl (C=O) groups excluding carboxylic acids is 4. The minimum atomic E-state index is -5.18. The Hall–Kier alpha value is -6.80. The standard InChI is InChI=1S/C52H56F4N8O8S2/c1-30-43(74-29-60-30)32-10-8-31(9-11-32)26-59-46(67)39-24-36(65)28-62(39)47(68)44(50(2,3)4)61-45(66)33-12-16-37(17-13-33)71-23-22-70-20-7-21-72-40-19-15-35(27-58-40)64-49(73)63(48(69)51(64,5)6)38-18-14-34(25-57)41(42(38)53)52(54,55)56/h8-19,27,29,36,39,44,49,65,73H,7,20-24,26,28H2,1-6H3,(H,59,67)(H,61,66)/t36-,39+,44-,49?/m1/s1. The van der Waals surface area contributed by atoms with Crippen molar-refractivity contribution in [1.82, 2.24) is 25.5 Å². The number of aliphatic hydroxyl groups is 1. The lowest BCUT2D eigenvalue weighted by Crippen LogP contribution is -2.57. The molecule has 74 heavy (non-hydrogen) atoms. The number of anilines is 2. The van der Waals surface area contributed by atoms with E-state index in [1.54, 1.807) is 53.2 Å². The third-order valence-corrected chi connectivity index (χ3v) is 14.0. The van der Waals surface area contributed by atoms with Crippen LogP contribution >= 0.6 is 24.0 Å². The molecule has 4 atom stereocenters. The van der Waals surface area contributed by atoms with E-state index in [9.17, 15) is 37.5 Å². The number of aromatic nitrogens is 2. The molecular weight excluding hydrogens is 1000 g/mol. The zero-order chi connectivity index (χ0) is 53.7. The summed E-state index contributed by atoms with van der Waals surface area (Å²) in [6.07, 6.45) is -4.15. The van der Waals surface area contributed by atoms with Crippen LogP contribution in [0.1, 0.15) is 80.2 Å². The molecule has 2 aliphatic heterocycles. The van der Waals surface area contributed by atoms with E-state index in [1.807, 2.05) is 52.0 Å². The second-order valence-corrected chi connectivity index (χ2v) is 20.6. The summed E-state index contributed by atoms with van der Waals surface area (Å²) in [4.78, 5) is 68.0. The van der Waals surface area contributed by atoms with Crippen LogP contribution in [0.5, 0.6) is 11.6 Å². The summed E-state index contributed by atoms with van der Waals surface area (Å²) in [6, 6.07) is 18.5. The molecule has 3 aromatic carbocycles. The fraction of sp³-hybridized carbons (Fsp3) is 0.404. The lowest BCUT2D eigenvalue weighted by atomic mass is 9.85. The molecular formula is C52H56F4N8O8S2. The van der Waals surface area contributed by atoms with E-state index < -0.39 is 87.1 Å². The van der Waals surface area contributed by atoms with Gasteiger partial charge in [0, 0.05) is 44.2 Å². The zero-order valence-electron chi connectivity index (χ0n) is 41.4. The van der Waals surface area contributed by atoms with Gasteiger partial charge in [-0.3, -0.25) is 24.1 Å². The number of nitrogens with one attached hydrogen (secondary N) is 2. The van der Waals surface area contributed by atoms with Gasteiger partial charge in [-0.2, -0.15) is 18.4 Å². The van der Waals surface area contributed by atoms with Gasteiger partial charge in [0.25, 0.3) is 11.8 Å². The average molecular weight is 1060 g/mol. The monoisotopic (exact) mass is 1060 g/mol. The fourth-order valence-corrected chi connectivity index (χ4v) is 10.1. The Morgan fingerprint density at radius 3 is 2.31 bits per heavy atom. The number of ether oxygens (including phenoxy) is 3. The highest BCUT2D eigenvalue weighted by molar-refractivity contribution is 7.81. The van der Waals surface area contributed by atoms with Crippen molar-refractivity contribution in [2.24, 2.45) is 5.41 Å². The normalized spacial score (nSPS) is 18.0. The Labute approximate surface area is 435 Å². The predicted octanol–water partition coefficient (Wildman–Crippen LogP) is 7.68. The van der Waals surface area contributed by atoms with E-state index >= 15 is 4.39 Å². The summed E-state index contributed by atoms with van der Waals surface area (Å²) >= 11 is 6.05. The second-order valence-electron chi connectivity index (χ2n) is 19.3. The zero-order valence-corrected chi connectivity index (χ0v) is 43.1. The Bertz CT molecular complexity index is 2870. The second kappa shape index (κ2) is 22.8. The van der Waals surface area contributed by atoms with Crippen LogP contribution in [0.4, 0.5) is 28.9 Å². The molecule has 0 radical (unpaired) electrons. The topological polar surface area (TPSA) is 200 Å². The number of amides is 4. The van der Waals surface area contributed by atoms with Crippen LogP contribution in [0, 0.1) is 29.5 Å². The number of benzene rings is 3. The molecule has 3 N–H and O–H groups in total. The van der Waals surface area contributed by atoms with Crippen molar-refractivity contribution in [3.05, 3.63) is 118 Å². The summed E-state index contributed by atoms with van der Waals surface area (Å²) in [5.41, 5.74) is -1.45. The molecule has 16 nitrogen and oxygen atoms in total. The van der Waals surface area contributed by atoms with Gasteiger partial charge in [0.1, 0.15) is 35.5 Å². The molecule has 5 aromatic rings. The van der Waals surface area contributed by atoms with E-state index in [-0.39, 0.29) is 50.8 Å². The van der Waals surface area contributed by atoms with Crippen LogP contribution in [-0.4, -0.2) is 106 Å². The van der Waals surface area contributed by atoms with Crippen molar-refractivity contribution < 1.29 is 56.1 Å². The van der Waals surface area contributed by atoms with Crippen molar-refractivity contribution in [1.29, 1.82) is 5.26 Å². The smallest absolute Gasteiger partial charge is 0.420 e. The van der Waals surface area contributed by atoms with Gasteiger partial charge in [-0.05, 0) is 79.8 Å². The number of β-amino-alcohol motifs (C(OH)–C–C–N with tert-alkyl or cyclic N) is 1. The van der Waals surface area contributed by atoms with Gasteiger partial charge >= 0.3 is 6.18 Å². The maximum Gasteiger partial charge on any atom is 0.420 e. The van der Waals surface area contributed by atoms with E-state index in [0.717, 1.165) is 38.7 Å². The van der Waals surface area contributed by atoms with E-state index in [4.69, 9.17) is 19.5 Å². The first-order valence-electron chi connectivity index (χ1n) is 23.6. The number of aryl methyl sites for hydroxylation is 1.